The Morgan fingerprint density at radius 3 is 2.81 bits per heavy atom. The summed E-state index contributed by atoms with van der Waals surface area (Å²) in [6.45, 7) is 2.37. The summed E-state index contributed by atoms with van der Waals surface area (Å²) in [5, 5.41) is 14.8. The van der Waals surface area contributed by atoms with Gasteiger partial charge in [0, 0.05) is 43.1 Å². The third kappa shape index (κ3) is 7.34. The number of anilines is 1. The molecule has 1 aromatic heterocycles. The molecule has 8 heteroatoms. The fourth-order valence-corrected chi connectivity index (χ4v) is 3.91. The molecule has 0 radical (unpaired) electrons. The smallest absolute Gasteiger partial charge is 0.253 e. The maximum atomic E-state index is 13.2. The molecule has 1 aliphatic rings. The first-order valence-corrected chi connectivity index (χ1v) is 11.1. The first-order valence-electron chi connectivity index (χ1n) is 11.1. The average Bonchev–Trinajstić information content (AvgIpc) is 3.27. The Kier molecular flexibility index (Phi) is 8.99. The van der Waals surface area contributed by atoms with Crippen molar-refractivity contribution in [3.8, 4) is 6.19 Å². The molecule has 1 saturated heterocycles. The second-order valence-corrected chi connectivity index (χ2v) is 7.95. The number of guanidine groups is 1. The van der Waals surface area contributed by atoms with Gasteiger partial charge in [0.25, 0.3) is 5.91 Å². The molecule has 32 heavy (non-hydrogen) atoms. The minimum atomic E-state index is -0.596. The van der Waals surface area contributed by atoms with E-state index in [2.05, 4.69) is 20.6 Å². The van der Waals surface area contributed by atoms with Crippen LogP contribution < -0.4 is 10.6 Å². The van der Waals surface area contributed by atoms with Crippen LogP contribution in [0.25, 0.3) is 0 Å². The van der Waals surface area contributed by atoms with E-state index in [1.54, 1.807) is 12.3 Å². The number of unbranched alkanes of at least 4 members (excludes halogenated alkanes) is 3. The summed E-state index contributed by atoms with van der Waals surface area (Å²) in [6, 6.07) is 12.3. The van der Waals surface area contributed by atoms with E-state index in [-0.39, 0.29) is 5.91 Å². The van der Waals surface area contributed by atoms with Crippen molar-refractivity contribution in [2.75, 3.05) is 25.0 Å². The quantitative estimate of drug-likeness (QED) is 0.202. The van der Waals surface area contributed by atoms with Gasteiger partial charge in [-0.25, -0.2) is 4.98 Å². The maximum Gasteiger partial charge on any atom is 0.253 e. The molecule has 1 fully saturated rings. The number of carbonyl (C=O) groups excluding carboxylic acids is 1. The predicted octanol–water partition coefficient (Wildman–Crippen LogP) is 4.17. The highest BCUT2D eigenvalue weighted by molar-refractivity contribution is 5.94. The van der Waals surface area contributed by atoms with E-state index < -0.39 is 5.95 Å². The summed E-state index contributed by atoms with van der Waals surface area (Å²) in [7, 11) is 0. The van der Waals surface area contributed by atoms with Crippen molar-refractivity contribution in [3.63, 3.8) is 0 Å². The Labute approximate surface area is 188 Å². The van der Waals surface area contributed by atoms with Gasteiger partial charge >= 0.3 is 0 Å². The summed E-state index contributed by atoms with van der Waals surface area (Å²) in [4.78, 5) is 21.7. The molecule has 1 atom stereocenters. The maximum absolute atomic E-state index is 13.2. The summed E-state index contributed by atoms with van der Waals surface area (Å²) >= 11 is 0. The molecule has 2 N–H and O–H groups in total. The number of benzene rings is 1. The zero-order chi connectivity index (χ0) is 22.6. The number of rotatable bonds is 9. The van der Waals surface area contributed by atoms with Crippen LogP contribution in [0.3, 0.4) is 0 Å². The Morgan fingerprint density at radius 2 is 2.03 bits per heavy atom. The number of hydrogen-bond donors (Lipinski definition) is 2. The molecule has 168 valence electrons. The summed E-state index contributed by atoms with van der Waals surface area (Å²) in [5.41, 5.74) is 1.25. The largest absolute Gasteiger partial charge is 0.355 e. The molecule has 2 heterocycles. The second-order valence-electron chi connectivity index (χ2n) is 7.95. The van der Waals surface area contributed by atoms with Crippen LogP contribution in [-0.2, 0) is 0 Å². The van der Waals surface area contributed by atoms with E-state index >= 15 is 0 Å². The van der Waals surface area contributed by atoms with Crippen molar-refractivity contribution in [2.24, 2.45) is 10.9 Å². The molecule has 7 nitrogen and oxygen atoms in total. The van der Waals surface area contributed by atoms with Crippen molar-refractivity contribution in [1.82, 2.24) is 15.2 Å². The van der Waals surface area contributed by atoms with Crippen molar-refractivity contribution < 1.29 is 9.18 Å². The molecule has 2 aromatic rings. The van der Waals surface area contributed by atoms with E-state index in [4.69, 9.17) is 5.26 Å². The van der Waals surface area contributed by atoms with Gasteiger partial charge in [0.2, 0.25) is 18.1 Å². The fourth-order valence-electron chi connectivity index (χ4n) is 3.91. The van der Waals surface area contributed by atoms with Crippen LogP contribution in [0.4, 0.5) is 10.1 Å². The number of nitrogens with zero attached hydrogens (tertiary/aromatic N) is 4. The van der Waals surface area contributed by atoms with Gasteiger partial charge in [-0.2, -0.15) is 9.65 Å². The van der Waals surface area contributed by atoms with Crippen molar-refractivity contribution in [3.05, 3.63) is 60.2 Å². The number of likely N-dealkylation sites (tertiary alicyclic amines) is 1. The summed E-state index contributed by atoms with van der Waals surface area (Å²) in [5.74, 6) is 0.422. The molecule has 1 amide bonds. The first kappa shape index (κ1) is 23.2. The van der Waals surface area contributed by atoms with E-state index in [1.807, 2.05) is 35.2 Å². The third-order valence-electron chi connectivity index (χ3n) is 5.58. The lowest BCUT2D eigenvalue weighted by molar-refractivity contribution is 0.0786. The monoisotopic (exact) mass is 436 g/mol. The van der Waals surface area contributed by atoms with Gasteiger partial charge in [-0.3, -0.25) is 4.79 Å². The molecule has 0 spiro atoms. The van der Waals surface area contributed by atoms with Crippen LogP contribution in [0.2, 0.25) is 0 Å². The number of carbonyl (C=O) groups is 1. The molecular formula is C24H29FN6O. The van der Waals surface area contributed by atoms with Crippen LogP contribution in [0.15, 0.2) is 53.7 Å². The van der Waals surface area contributed by atoms with Crippen molar-refractivity contribution in [2.45, 2.75) is 38.5 Å². The Hall–Kier alpha value is -3.47. The lowest BCUT2D eigenvalue weighted by Gasteiger charge is -2.16. The molecule has 0 saturated carbocycles. The summed E-state index contributed by atoms with van der Waals surface area (Å²) in [6.07, 6.45) is 9.59. The van der Waals surface area contributed by atoms with E-state index in [1.165, 1.54) is 12.3 Å². The standard InChI is InChI=1S/C24H29FN6O/c25-22-16-21(11-14-27-22)30-24(29-18-26)28-13-7-2-1-4-8-19-12-15-31(17-19)23(32)20-9-5-3-6-10-20/h3,5-6,9-11,14,16,19H,1-2,4,7-8,12-13,15,17H2,(H2,27,28,29,30). The number of aliphatic imine (C=N–C) groups is 1. The van der Waals surface area contributed by atoms with Crippen LogP contribution >= 0.6 is 0 Å². The highest BCUT2D eigenvalue weighted by Crippen LogP contribution is 2.23. The zero-order valence-electron chi connectivity index (χ0n) is 18.1. The van der Waals surface area contributed by atoms with E-state index in [9.17, 15) is 9.18 Å². The average molecular weight is 437 g/mol. The number of pyridine rings is 1. The number of aromatic nitrogens is 1. The van der Waals surface area contributed by atoms with Crippen LogP contribution in [0, 0.1) is 23.3 Å². The van der Waals surface area contributed by atoms with Gasteiger partial charge in [0.1, 0.15) is 0 Å². The SMILES string of the molecule is N#C/N=C(/NCCCCCCC1CCN(C(=O)c2ccccc2)C1)Nc1ccnc(F)c1. The Balaban J connectivity index is 1.28. The predicted molar refractivity (Wildman–Crippen MR) is 122 cm³/mol. The number of nitriles is 1. The topological polar surface area (TPSA) is 93.4 Å². The van der Waals surface area contributed by atoms with Gasteiger partial charge in [-0.1, -0.05) is 37.5 Å². The van der Waals surface area contributed by atoms with Gasteiger partial charge in [0.05, 0.1) is 0 Å². The minimum absolute atomic E-state index is 0.136. The van der Waals surface area contributed by atoms with E-state index in [0.717, 1.165) is 57.2 Å². The summed E-state index contributed by atoms with van der Waals surface area (Å²) < 4.78 is 13.2. The molecule has 0 bridgehead atoms. The number of hydrogen-bond acceptors (Lipinski definition) is 4. The molecule has 1 aliphatic heterocycles. The lowest BCUT2D eigenvalue weighted by Crippen LogP contribution is -2.31. The van der Waals surface area contributed by atoms with Gasteiger partial charge in [-0.05, 0) is 43.4 Å². The third-order valence-corrected chi connectivity index (χ3v) is 5.58. The lowest BCUT2D eigenvalue weighted by atomic mass is 10.00. The second kappa shape index (κ2) is 12.4. The molecular weight excluding hydrogens is 407 g/mol. The first-order chi connectivity index (χ1) is 15.7. The van der Waals surface area contributed by atoms with Gasteiger partial charge in [0.15, 0.2) is 0 Å². The van der Waals surface area contributed by atoms with E-state index in [0.29, 0.717) is 24.1 Å². The van der Waals surface area contributed by atoms with Crippen LogP contribution in [-0.4, -0.2) is 41.4 Å². The highest BCUT2D eigenvalue weighted by Gasteiger charge is 2.26. The molecule has 3 rings (SSSR count). The molecule has 1 unspecified atom stereocenters. The molecule has 1 aromatic carbocycles. The highest BCUT2D eigenvalue weighted by atomic mass is 19.1. The Bertz CT molecular complexity index is 943. The number of amides is 1. The van der Waals surface area contributed by atoms with Gasteiger partial charge in [-0.15, -0.1) is 4.99 Å². The molecule has 0 aliphatic carbocycles. The number of nitrogens with one attached hydrogen (secondary N) is 2. The van der Waals surface area contributed by atoms with Crippen molar-refractivity contribution in [1.29, 1.82) is 5.26 Å². The van der Waals surface area contributed by atoms with Crippen LogP contribution in [0.1, 0.15) is 48.9 Å². The van der Waals surface area contributed by atoms with Crippen LogP contribution in [0.5, 0.6) is 0 Å². The van der Waals surface area contributed by atoms with Crippen molar-refractivity contribution >= 4 is 17.6 Å². The zero-order valence-corrected chi connectivity index (χ0v) is 18.1. The minimum Gasteiger partial charge on any atom is -0.355 e. The Morgan fingerprint density at radius 1 is 1.22 bits per heavy atom. The fraction of sp³-hybridized carbons (Fsp3) is 0.417. The van der Waals surface area contributed by atoms with Gasteiger partial charge < -0.3 is 15.5 Å². The normalized spacial score (nSPS) is 15.9. The number of halogens is 1.